The summed E-state index contributed by atoms with van der Waals surface area (Å²) in [5.74, 6) is -0.422. The number of aromatic nitrogens is 2. The first kappa shape index (κ1) is 15.2. The molecule has 0 fully saturated rings. The maximum Gasteiger partial charge on any atom is 0.153 e. The lowest BCUT2D eigenvalue weighted by Crippen LogP contribution is -1.91. The van der Waals surface area contributed by atoms with E-state index in [0.717, 1.165) is 32.6 Å². The van der Waals surface area contributed by atoms with Crippen molar-refractivity contribution in [3.8, 4) is 20.9 Å². The summed E-state index contributed by atoms with van der Waals surface area (Å²) in [4.78, 5) is 1.74. The van der Waals surface area contributed by atoms with Crippen molar-refractivity contribution < 1.29 is 4.39 Å². The Morgan fingerprint density at radius 3 is 1.96 bits per heavy atom. The number of hydrogen-bond acceptors (Lipinski definition) is 5. The third-order valence-corrected chi connectivity index (χ3v) is 6.56. The maximum atomic E-state index is 15.1. The van der Waals surface area contributed by atoms with E-state index in [9.17, 15) is 0 Å². The van der Waals surface area contributed by atoms with Crippen molar-refractivity contribution in [2.75, 3.05) is 0 Å². The van der Waals surface area contributed by atoms with Crippen LogP contribution in [0.15, 0.2) is 22.9 Å². The molecule has 0 amide bonds. The van der Waals surface area contributed by atoms with Crippen molar-refractivity contribution in [2.45, 2.75) is 13.8 Å². The van der Waals surface area contributed by atoms with Crippen LogP contribution in [0.3, 0.4) is 0 Å². The highest BCUT2D eigenvalue weighted by Gasteiger charge is 2.24. The smallest absolute Gasteiger partial charge is 0.153 e. The van der Waals surface area contributed by atoms with Crippen LogP contribution < -0.4 is 0 Å². The van der Waals surface area contributed by atoms with Crippen LogP contribution in [0.1, 0.15) is 11.1 Å². The summed E-state index contributed by atoms with van der Waals surface area (Å²) in [6.45, 7) is 3.99. The summed E-state index contributed by atoms with van der Waals surface area (Å²) in [5.41, 5.74) is 4.56. The number of rotatable bonds is 2. The van der Waals surface area contributed by atoms with Crippen LogP contribution in [0.5, 0.6) is 0 Å². The van der Waals surface area contributed by atoms with Gasteiger partial charge in [-0.3, -0.25) is 0 Å². The van der Waals surface area contributed by atoms with Crippen LogP contribution in [-0.4, -0.2) is 8.75 Å². The molecule has 0 aliphatic carbocycles. The molecule has 0 saturated heterocycles. The fourth-order valence-corrected chi connectivity index (χ4v) is 5.31. The molecule has 0 N–H and O–H groups in total. The fourth-order valence-electron chi connectivity index (χ4n) is 2.52. The predicted octanol–water partition coefficient (Wildman–Crippen LogP) is 6.56. The molecule has 3 heterocycles. The zero-order chi connectivity index (χ0) is 16.1. The molecule has 3 aromatic heterocycles. The molecule has 0 atom stereocenters. The van der Waals surface area contributed by atoms with E-state index in [2.05, 4.69) is 8.75 Å². The standard InChI is InChI=1S/C16H10ClFN2S3/c1-7-3-9(21-5-7)11-13(17)14(18)12(10-4-8(2)6-22-10)16-15(11)19-23-20-16/h3-6H,1-2H3. The first-order valence-electron chi connectivity index (χ1n) is 6.80. The van der Waals surface area contributed by atoms with Gasteiger partial charge in [-0.2, -0.15) is 8.75 Å². The highest BCUT2D eigenvalue weighted by Crippen LogP contribution is 2.45. The van der Waals surface area contributed by atoms with Gasteiger partial charge in [0, 0.05) is 15.3 Å². The lowest BCUT2D eigenvalue weighted by molar-refractivity contribution is 0.634. The Kier molecular flexibility index (Phi) is 3.72. The van der Waals surface area contributed by atoms with Crippen molar-refractivity contribution in [1.29, 1.82) is 0 Å². The zero-order valence-corrected chi connectivity index (χ0v) is 15.4. The number of nitrogens with zero attached hydrogens (tertiary/aromatic N) is 2. The molecule has 1 aromatic carbocycles. The molecule has 23 heavy (non-hydrogen) atoms. The summed E-state index contributed by atoms with van der Waals surface area (Å²) < 4.78 is 23.8. The van der Waals surface area contributed by atoms with E-state index in [1.165, 1.54) is 22.7 Å². The summed E-state index contributed by atoms with van der Waals surface area (Å²) in [7, 11) is 0. The second kappa shape index (κ2) is 5.63. The van der Waals surface area contributed by atoms with E-state index in [1.54, 1.807) is 0 Å². The van der Waals surface area contributed by atoms with Crippen LogP contribution in [0.4, 0.5) is 4.39 Å². The molecule has 0 spiro atoms. The summed E-state index contributed by atoms with van der Waals surface area (Å²) in [5, 5.41) is 4.13. The zero-order valence-electron chi connectivity index (χ0n) is 12.2. The van der Waals surface area contributed by atoms with Gasteiger partial charge in [0.25, 0.3) is 0 Å². The van der Waals surface area contributed by atoms with Gasteiger partial charge >= 0.3 is 0 Å². The molecule has 0 aliphatic rings. The molecular weight excluding hydrogens is 371 g/mol. The molecule has 0 aliphatic heterocycles. The first-order chi connectivity index (χ1) is 11.1. The Morgan fingerprint density at radius 2 is 1.43 bits per heavy atom. The minimum Gasteiger partial charge on any atom is -0.205 e. The Bertz CT molecular complexity index is 951. The first-order valence-corrected chi connectivity index (χ1v) is 9.67. The van der Waals surface area contributed by atoms with Gasteiger partial charge in [-0.15, -0.1) is 22.7 Å². The highest BCUT2D eigenvalue weighted by molar-refractivity contribution is 7.14. The number of benzene rings is 1. The van der Waals surface area contributed by atoms with Crippen molar-refractivity contribution in [3.05, 3.63) is 44.9 Å². The van der Waals surface area contributed by atoms with E-state index in [4.69, 9.17) is 11.6 Å². The third kappa shape index (κ3) is 2.41. The Morgan fingerprint density at radius 1 is 0.913 bits per heavy atom. The summed E-state index contributed by atoms with van der Waals surface area (Å²) >= 11 is 10.5. The molecule has 2 nitrogen and oxygen atoms in total. The van der Waals surface area contributed by atoms with Crippen molar-refractivity contribution in [3.63, 3.8) is 0 Å². The number of hydrogen-bond donors (Lipinski definition) is 0. The van der Waals surface area contributed by atoms with Crippen LogP contribution in [0, 0.1) is 19.7 Å². The normalized spacial score (nSPS) is 11.5. The number of fused-ring (bicyclic) bond motifs is 1. The van der Waals surface area contributed by atoms with Gasteiger partial charge in [0.2, 0.25) is 0 Å². The second-order valence-corrected chi connectivity index (χ2v) is 8.04. The summed E-state index contributed by atoms with van der Waals surface area (Å²) in [6, 6.07) is 3.95. The van der Waals surface area contributed by atoms with E-state index < -0.39 is 5.82 Å². The molecule has 0 unspecified atom stereocenters. The molecule has 0 bridgehead atoms. The lowest BCUT2D eigenvalue weighted by Gasteiger charge is -2.09. The average Bonchev–Trinajstić information content (AvgIpc) is 3.23. The van der Waals surface area contributed by atoms with E-state index in [0.29, 0.717) is 22.2 Å². The van der Waals surface area contributed by atoms with E-state index in [-0.39, 0.29) is 5.02 Å². The van der Waals surface area contributed by atoms with Crippen molar-refractivity contribution >= 4 is 57.0 Å². The molecule has 0 saturated carbocycles. The maximum absolute atomic E-state index is 15.1. The highest BCUT2D eigenvalue weighted by atomic mass is 35.5. The molecule has 116 valence electrons. The van der Waals surface area contributed by atoms with Gasteiger partial charge in [-0.05, 0) is 47.9 Å². The molecule has 4 rings (SSSR count). The van der Waals surface area contributed by atoms with E-state index >= 15 is 4.39 Å². The lowest BCUT2D eigenvalue weighted by atomic mass is 10.0. The van der Waals surface area contributed by atoms with Crippen LogP contribution in [0.25, 0.3) is 31.9 Å². The van der Waals surface area contributed by atoms with Gasteiger partial charge in [0.1, 0.15) is 11.0 Å². The Balaban J connectivity index is 2.09. The van der Waals surface area contributed by atoms with Gasteiger partial charge in [-0.25, -0.2) is 4.39 Å². The van der Waals surface area contributed by atoms with Crippen molar-refractivity contribution in [1.82, 2.24) is 8.75 Å². The summed E-state index contributed by atoms with van der Waals surface area (Å²) in [6.07, 6.45) is 0. The topological polar surface area (TPSA) is 25.8 Å². The molecule has 7 heteroatoms. The third-order valence-electron chi connectivity index (χ3n) is 3.55. The average molecular weight is 381 g/mol. The van der Waals surface area contributed by atoms with Crippen molar-refractivity contribution in [2.24, 2.45) is 0 Å². The van der Waals surface area contributed by atoms with Gasteiger partial charge in [0.05, 0.1) is 22.3 Å². The Hall–Kier alpha value is -1.34. The molecule has 4 aromatic rings. The largest absolute Gasteiger partial charge is 0.205 e. The van der Waals surface area contributed by atoms with E-state index in [1.807, 2.05) is 36.7 Å². The van der Waals surface area contributed by atoms with Gasteiger partial charge in [-0.1, -0.05) is 11.6 Å². The predicted molar refractivity (Wildman–Crippen MR) is 98.5 cm³/mol. The van der Waals surface area contributed by atoms with Crippen LogP contribution >= 0.6 is 46.0 Å². The quantitative estimate of drug-likeness (QED) is 0.393. The van der Waals surface area contributed by atoms with Gasteiger partial charge in [0.15, 0.2) is 5.82 Å². The number of halogens is 2. The van der Waals surface area contributed by atoms with Gasteiger partial charge < -0.3 is 0 Å². The number of thiophene rings is 2. The SMILES string of the molecule is Cc1csc(-c2c(F)c(Cl)c(-c3cc(C)cs3)c3nsnc23)c1. The van der Waals surface area contributed by atoms with Crippen LogP contribution in [-0.2, 0) is 0 Å². The van der Waals surface area contributed by atoms with Crippen LogP contribution in [0.2, 0.25) is 5.02 Å². The monoisotopic (exact) mass is 380 g/mol. The second-order valence-electron chi connectivity index (χ2n) is 5.32. The molecule has 0 radical (unpaired) electrons. The minimum absolute atomic E-state index is 0.119. The fraction of sp³-hybridized carbons (Fsp3) is 0.125. The minimum atomic E-state index is -0.422. The molecular formula is C16H10ClFN2S3. The number of aryl methyl sites for hydroxylation is 2. The Labute approximate surface area is 149 Å².